The molecule has 6 nitrogen and oxygen atoms in total. The van der Waals surface area contributed by atoms with Crippen LogP contribution in [0.1, 0.15) is 33.5 Å². The Kier molecular flexibility index (Phi) is 6.54. The number of benzene rings is 3. The quantitative estimate of drug-likeness (QED) is 0.601. The molecule has 3 aromatic carbocycles. The van der Waals surface area contributed by atoms with E-state index in [9.17, 15) is 14.4 Å². The number of carbonyl (C=O) groups is 3. The molecule has 1 aliphatic rings. The number of nitrogens with one attached hydrogen (secondary N) is 2. The minimum absolute atomic E-state index is 0.123. The van der Waals surface area contributed by atoms with Crippen LogP contribution in [0.25, 0.3) is 0 Å². The van der Waals surface area contributed by atoms with Gasteiger partial charge in [-0.25, -0.2) is 0 Å². The van der Waals surface area contributed by atoms with Crippen LogP contribution in [0.2, 0.25) is 0 Å². The zero-order chi connectivity index (χ0) is 23.4. The Bertz CT molecular complexity index is 1200. The van der Waals surface area contributed by atoms with E-state index in [0.29, 0.717) is 30.0 Å². The summed E-state index contributed by atoms with van der Waals surface area (Å²) >= 11 is 0. The summed E-state index contributed by atoms with van der Waals surface area (Å²) in [5.41, 5.74) is 5.01. The van der Waals surface area contributed by atoms with Crippen molar-refractivity contribution in [1.82, 2.24) is 5.32 Å². The first-order valence-corrected chi connectivity index (χ1v) is 11.0. The summed E-state index contributed by atoms with van der Waals surface area (Å²) < 4.78 is 0. The summed E-state index contributed by atoms with van der Waals surface area (Å²) in [6.07, 6.45) is 0.152. The maximum absolute atomic E-state index is 12.7. The maximum atomic E-state index is 12.7. The minimum Gasteiger partial charge on any atom is -0.352 e. The van der Waals surface area contributed by atoms with Crippen LogP contribution in [0.15, 0.2) is 72.8 Å². The fourth-order valence-corrected chi connectivity index (χ4v) is 4.01. The molecule has 168 valence electrons. The lowest BCUT2D eigenvalue weighted by atomic mass is 10.1. The van der Waals surface area contributed by atoms with E-state index in [1.165, 1.54) is 0 Å². The minimum atomic E-state index is -0.425. The topological polar surface area (TPSA) is 78.5 Å². The molecule has 1 saturated heterocycles. The van der Waals surface area contributed by atoms with Crippen molar-refractivity contribution in [3.05, 3.63) is 95.1 Å². The smallest absolute Gasteiger partial charge is 0.255 e. The molecule has 1 atom stereocenters. The lowest BCUT2D eigenvalue weighted by Gasteiger charge is -2.18. The average molecular weight is 442 g/mol. The lowest BCUT2D eigenvalue weighted by molar-refractivity contribution is -0.126. The van der Waals surface area contributed by atoms with Crippen LogP contribution in [-0.4, -0.2) is 24.3 Å². The van der Waals surface area contributed by atoms with Crippen LogP contribution in [0.3, 0.4) is 0 Å². The van der Waals surface area contributed by atoms with Gasteiger partial charge in [0, 0.05) is 36.4 Å². The summed E-state index contributed by atoms with van der Waals surface area (Å²) in [6, 6.07) is 22.4. The molecule has 0 bridgehead atoms. The Hall–Kier alpha value is -3.93. The second kappa shape index (κ2) is 9.69. The second-order valence-electron chi connectivity index (χ2n) is 8.42. The zero-order valence-corrected chi connectivity index (χ0v) is 18.8. The molecule has 1 fully saturated rings. The molecule has 1 heterocycles. The number of anilines is 2. The van der Waals surface area contributed by atoms with Gasteiger partial charge in [-0.3, -0.25) is 14.4 Å². The number of hydrogen-bond acceptors (Lipinski definition) is 3. The fraction of sp³-hybridized carbons (Fsp3) is 0.222. The molecular formula is C27H27N3O3. The Morgan fingerprint density at radius 2 is 1.76 bits per heavy atom. The van der Waals surface area contributed by atoms with Crippen molar-refractivity contribution in [2.75, 3.05) is 16.8 Å². The van der Waals surface area contributed by atoms with Gasteiger partial charge in [0.05, 0.1) is 5.92 Å². The molecule has 3 amide bonds. The van der Waals surface area contributed by atoms with Crippen LogP contribution in [-0.2, 0) is 16.1 Å². The van der Waals surface area contributed by atoms with Crippen molar-refractivity contribution >= 4 is 29.1 Å². The molecule has 0 aromatic heterocycles. The molecular weight excluding hydrogens is 414 g/mol. The molecule has 0 radical (unpaired) electrons. The largest absolute Gasteiger partial charge is 0.352 e. The van der Waals surface area contributed by atoms with Crippen molar-refractivity contribution in [1.29, 1.82) is 0 Å². The SMILES string of the molecule is Cc1cccc(NC(=O)c2cccc(N3C[C@H](C(=O)NCc4ccccc4C)CC3=O)c2)c1. The van der Waals surface area contributed by atoms with E-state index in [1.54, 1.807) is 29.2 Å². The number of aryl methyl sites for hydroxylation is 2. The Labute approximate surface area is 193 Å². The molecule has 1 aliphatic heterocycles. The molecule has 0 unspecified atom stereocenters. The van der Waals surface area contributed by atoms with Crippen LogP contribution in [0.4, 0.5) is 11.4 Å². The third kappa shape index (κ3) is 5.29. The number of amides is 3. The van der Waals surface area contributed by atoms with E-state index in [2.05, 4.69) is 10.6 Å². The Balaban J connectivity index is 1.41. The zero-order valence-electron chi connectivity index (χ0n) is 18.8. The predicted molar refractivity (Wildman–Crippen MR) is 129 cm³/mol. The second-order valence-corrected chi connectivity index (χ2v) is 8.42. The maximum Gasteiger partial charge on any atom is 0.255 e. The van der Waals surface area contributed by atoms with E-state index in [4.69, 9.17) is 0 Å². The average Bonchev–Trinajstić information content (AvgIpc) is 3.20. The van der Waals surface area contributed by atoms with E-state index in [1.807, 2.05) is 62.4 Å². The number of nitrogens with zero attached hydrogens (tertiary/aromatic N) is 1. The molecule has 0 saturated carbocycles. The third-order valence-electron chi connectivity index (χ3n) is 5.91. The van der Waals surface area contributed by atoms with Crippen molar-refractivity contribution in [2.24, 2.45) is 5.92 Å². The predicted octanol–water partition coefficient (Wildman–Crippen LogP) is 4.23. The number of rotatable bonds is 6. The van der Waals surface area contributed by atoms with Gasteiger partial charge in [0.25, 0.3) is 5.91 Å². The molecule has 0 aliphatic carbocycles. The van der Waals surface area contributed by atoms with Crippen molar-refractivity contribution in [3.63, 3.8) is 0 Å². The molecule has 0 spiro atoms. The highest BCUT2D eigenvalue weighted by Crippen LogP contribution is 2.26. The summed E-state index contributed by atoms with van der Waals surface area (Å²) in [5.74, 6) is -0.933. The summed E-state index contributed by atoms with van der Waals surface area (Å²) in [5, 5.41) is 5.84. The lowest BCUT2D eigenvalue weighted by Crippen LogP contribution is -2.32. The summed E-state index contributed by atoms with van der Waals surface area (Å²) in [4.78, 5) is 39.7. The van der Waals surface area contributed by atoms with Gasteiger partial charge in [-0.05, 0) is 60.9 Å². The van der Waals surface area contributed by atoms with Crippen molar-refractivity contribution in [2.45, 2.75) is 26.8 Å². The highest BCUT2D eigenvalue weighted by molar-refractivity contribution is 6.06. The number of hydrogen-bond donors (Lipinski definition) is 2. The van der Waals surface area contributed by atoms with Gasteiger partial charge in [-0.15, -0.1) is 0 Å². The van der Waals surface area contributed by atoms with Gasteiger partial charge in [-0.1, -0.05) is 42.5 Å². The van der Waals surface area contributed by atoms with Crippen LogP contribution < -0.4 is 15.5 Å². The monoisotopic (exact) mass is 441 g/mol. The van der Waals surface area contributed by atoms with Crippen LogP contribution >= 0.6 is 0 Å². The van der Waals surface area contributed by atoms with E-state index >= 15 is 0 Å². The van der Waals surface area contributed by atoms with Gasteiger partial charge in [0.2, 0.25) is 11.8 Å². The van der Waals surface area contributed by atoms with Gasteiger partial charge in [-0.2, -0.15) is 0 Å². The molecule has 2 N–H and O–H groups in total. The molecule has 33 heavy (non-hydrogen) atoms. The first-order valence-electron chi connectivity index (χ1n) is 11.0. The summed E-state index contributed by atoms with van der Waals surface area (Å²) in [6.45, 7) is 4.69. The summed E-state index contributed by atoms with van der Waals surface area (Å²) in [7, 11) is 0. The molecule has 6 heteroatoms. The van der Waals surface area contributed by atoms with Gasteiger partial charge in [0.15, 0.2) is 0 Å². The highest BCUT2D eigenvalue weighted by atomic mass is 16.2. The first kappa shape index (κ1) is 22.3. The van der Waals surface area contributed by atoms with E-state index < -0.39 is 5.92 Å². The van der Waals surface area contributed by atoms with Crippen molar-refractivity contribution in [3.8, 4) is 0 Å². The van der Waals surface area contributed by atoms with E-state index in [0.717, 1.165) is 16.7 Å². The molecule has 4 rings (SSSR count). The third-order valence-corrected chi connectivity index (χ3v) is 5.91. The van der Waals surface area contributed by atoms with Crippen LogP contribution in [0, 0.1) is 19.8 Å². The molecule has 3 aromatic rings. The normalized spacial score (nSPS) is 15.4. The van der Waals surface area contributed by atoms with Crippen molar-refractivity contribution < 1.29 is 14.4 Å². The number of carbonyl (C=O) groups excluding carboxylic acids is 3. The highest BCUT2D eigenvalue weighted by Gasteiger charge is 2.35. The van der Waals surface area contributed by atoms with Crippen LogP contribution in [0.5, 0.6) is 0 Å². The van der Waals surface area contributed by atoms with Gasteiger partial charge < -0.3 is 15.5 Å². The Morgan fingerprint density at radius 3 is 2.55 bits per heavy atom. The fourth-order valence-electron chi connectivity index (χ4n) is 4.01. The van der Waals surface area contributed by atoms with Gasteiger partial charge in [0.1, 0.15) is 0 Å². The van der Waals surface area contributed by atoms with E-state index in [-0.39, 0.29) is 24.1 Å². The standard InChI is InChI=1S/C27H27N3O3/c1-18-7-5-11-23(13-18)29-27(33)20-10-6-12-24(14-20)30-17-22(15-25(30)31)26(32)28-16-21-9-4-3-8-19(21)2/h3-14,22H,15-17H2,1-2H3,(H,28,32)(H,29,33)/t22-/m1/s1. The Morgan fingerprint density at radius 1 is 0.970 bits per heavy atom. The first-order chi connectivity index (χ1) is 15.9. The van der Waals surface area contributed by atoms with Gasteiger partial charge >= 0.3 is 0 Å².